The molecule has 0 saturated heterocycles. The van der Waals surface area contributed by atoms with E-state index in [2.05, 4.69) is 6.92 Å². The minimum absolute atomic E-state index is 0.0150. The molecule has 7 heteroatoms. The van der Waals surface area contributed by atoms with Gasteiger partial charge in [0.1, 0.15) is 0 Å². The van der Waals surface area contributed by atoms with Gasteiger partial charge >= 0.3 is 0 Å². The average molecular weight is 469 g/mol. The van der Waals surface area contributed by atoms with Gasteiger partial charge in [0, 0.05) is 11.1 Å². The first kappa shape index (κ1) is 25.0. The minimum Gasteiger partial charge on any atom is -0.493 e. The zero-order valence-electron chi connectivity index (χ0n) is 20.8. The van der Waals surface area contributed by atoms with Crippen molar-refractivity contribution >= 4 is 17.9 Å². The Kier molecular flexibility index (Phi) is 8.10. The number of carbonyl (C=O) groups is 1. The van der Waals surface area contributed by atoms with E-state index in [0.717, 1.165) is 28.7 Å². The molecule has 0 radical (unpaired) electrons. The molecule has 1 atom stereocenters. The third kappa shape index (κ3) is 4.98. The Bertz CT molecular complexity index is 1060. The van der Waals surface area contributed by atoms with E-state index in [-0.39, 0.29) is 11.7 Å². The summed E-state index contributed by atoms with van der Waals surface area (Å²) in [5.41, 5.74) is 3.07. The van der Waals surface area contributed by atoms with Gasteiger partial charge in [-0.05, 0) is 66.3 Å². The number of hydrogen-bond acceptors (Lipinski definition) is 7. The van der Waals surface area contributed by atoms with E-state index in [9.17, 15) is 4.79 Å². The maximum Gasteiger partial charge on any atom is 0.203 e. The van der Waals surface area contributed by atoms with Crippen LogP contribution >= 0.6 is 0 Å². The van der Waals surface area contributed by atoms with Crippen molar-refractivity contribution in [2.75, 3.05) is 42.7 Å². The second-order valence-corrected chi connectivity index (χ2v) is 7.96. The zero-order valence-corrected chi connectivity index (χ0v) is 20.8. The smallest absolute Gasteiger partial charge is 0.203 e. The predicted molar refractivity (Wildman–Crippen MR) is 132 cm³/mol. The number of hydrogen-bond donors (Lipinski definition) is 0. The van der Waals surface area contributed by atoms with Gasteiger partial charge in [-0.3, -0.25) is 4.79 Å². The lowest BCUT2D eigenvalue weighted by molar-refractivity contribution is -0.113. The van der Waals surface area contributed by atoms with Crippen LogP contribution in [0.25, 0.3) is 12.2 Å². The third-order valence-electron chi connectivity index (χ3n) is 5.97. The number of ether oxygens (including phenoxy) is 6. The maximum absolute atomic E-state index is 13.5. The second kappa shape index (κ2) is 11.0. The van der Waals surface area contributed by atoms with Crippen LogP contribution in [0.1, 0.15) is 30.9 Å². The summed E-state index contributed by atoms with van der Waals surface area (Å²) in [6.45, 7) is 2.07. The molecule has 0 aliphatic heterocycles. The van der Waals surface area contributed by atoms with Crippen LogP contribution < -0.4 is 28.4 Å². The third-order valence-corrected chi connectivity index (χ3v) is 5.97. The lowest BCUT2D eigenvalue weighted by atomic mass is 9.80. The van der Waals surface area contributed by atoms with Crippen LogP contribution in [0, 0.1) is 5.92 Å². The van der Waals surface area contributed by atoms with Crippen molar-refractivity contribution in [2.45, 2.75) is 19.8 Å². The van der Waals surface area contributed by atoms with Gasteiger partial charge in [0.2, 0.25) is 11.5 Å². The molecular formula is C27H32O7. The molecule has 0 bridgehead atoms. The van der Waals surface area contributed by atoms with E-state index in [1.165, 1.54) is 0 Å². The summed E-state index contributed by atoms with van der Waals surface area (Å²) in [6.07, 6.45) is 5.34. The van der Waals surface area contributed by atoms with Gasteiger partial charge in [0.15, 0.2) is 28.8 Å². The van der Waals surface area contributed by atoms with Gasteiger partial charge in [-0.25, -0.2) is 0 Å². The first-order valence-corrected chi connectivity index (χ1v) is 11.0. The van der Waals surface area contributed by atoms with Crippen LogP contribution in [-0.2, 0) is 4.79 Å². The van der Waals surface area contributed by atoms with Crippen LogP contribution in [0.2, 0.25) is 0 Å². The minimum atomic E-state index is 0.0150. The van der Waals surface area contributed by atoms with Crippen LogP contribution in [-0.4, -0.2) is 48.4 Å². The molecule has 1 unspecified atom stereocenters. The molecule has 0 amide bonds. The van der Waals surface area contributed by atoms with E-state index in [0.29, 0.717) is 40.9 Å². The van der Waals surface area contributed by atoms with E-state index in [1.54, 1.807) is 42.7 Å². The highest BCUT2D eigenvalue weighted by molar-refractivity contribution is 6.14. The Morgan fingerprint density at radius 1 is 0.676 bits per heavy atom. The Morgan fingerprint density at radius 2 is 1.09 bits per heavy atom. The van der Waals surface area contributed by atoms with Gasteiger partial charge in [-0.2, -0.15) is 0 Å². The maximum atomic E-state index is 13.5. The fourth-order valence-corrected chi connectivity index (χ4v) is 4.15. The highest BCUT2D eigenvalue weighted by atomic mass is 16.5. The molecule has 1 fully saturated rings. The summed E-state index contributed by atoms with van der Waals surface area (Å²) in [5, 5.41) is 0. The van der Waals surface area contributed by atoms with Gasteiger partial charge in [-0.1, -0.05) is 6.92 Å². The summed E-state index contributed by atoms with van der Waals surface area (Å²) in [5.74, 6) is 3.31. The van der Waals surface area contributed by atoms with Crippen LogP contribution in [0.15, 0.2) is 35.4 Å². The van der Waals surface area contributed by atoms with Gasteiger partial charge in [0.05, 0.1) is 42.7 Å². The summed E-state index contributed by atoms with van der Waals surface area (Å²) < 4.78 is 32.6. The molecule has 1 aliphatic carbocycles. The van der Waals surface area contributed by atoms with E-state index < -0.39 is 0 Å². The van der Waals surface area contributed by atoms with E-state index in [4.69, 9.17) is 28.4 Å². The highest BCUT2D eigenvalue weighted by Gasteiger charge is 2.27. The molecule has 3 rings (SSSR count). The summed E-state index contributed by atoms with van der Waals surface area (Å²) in [6, 6.07) is 7.35. The largest absolute Gasteiger partial charge is 0.493 e. The van der Waals surface area contributed by atoms with Crippen molar-refractivity contribution in [3.8, 4) is 34.5 Å². The first-order chi connectivity index (χ1) is 16.4. The number of benzene rings is 2. The van der Waals surface area contributed by atoms with Crippen molar-refractivity contribution < 1.29 is 33.2 Å². The Hall–Kier alpha value is -3.61. The number of ketones is 1. The van der Waals surface area contributed by atoms with Gasteiger partial charge in [0.25, 0.3) is 0 Å². The SMILES string of the molecule is COc1cc(/C=C2\C(=O)/C(=C/c3cc(OC)c(OC)c(OC)c3)CCC2C)cc(OC)c1OC. The number of Topliss-reactive ketones (excluding diaryl/α,β-unsaturated/α-hetero) is 1. The van der Waals surface area contributed by atoms with E-state index >= 15 is 0 Å². The number of rotatable bonds is 8. The van der Waals surface area contributed by atoms with Crippen molar-refractivity contribution in [2.24, 2.45) is 5.92 Å². The predicted octanol–water partition coefficient (Wildman–Crippen LogP) is 5.20. The van der Waals surface area contributed by atoms with Crippen LogP contribution in [0.4, 0.5) is 0 Å². The van der Waals surface area contributed by atoms with Crippen LogP contribution in [0.3, 0.4) is 0 Å². The van der Waals surface area contributed by atoms with E-state index in [1.807, 2.05) is 36.4 Å². The van der Waals surface area contributed by atoms with Crippen LogP contribution in [0.5, 0.6) is 34.5 Å². The molecule has 7 nitrogen and oxygen atoms in total. The molecule has 0 heterocycles. The Labute approximate surface area is 200 Å². The normalized spacial score (nSPS) is 18.1. The van der Waals surface area contributed by atoms with Crippen molar-refractivity contribution in [1.82, 2.24) is 0 Å². The summed E-state index contributed by atoms with van der Waals surface area (Å²) in [4.78, 5) is 13.5. The molecule has 34 heavy (non-hydrogen) atoms. The molecule has 0 N–H and O–H groups in total. The van der Waals surface area contributed by atoms with Crippen molar-refractivity contribution in [1.29, 1.82) is 0 Å². The van der Waals surface area contributed by atoms with Gasteiger partial charge < -0.3 is 28.4 Å². The summed E-state index contributed by atoms with van der Waals surface area (Å²) in [7, 11) is 9.40. The topological polar surface area (TPSA) is 72.5 Å². The Balaban J connectivity index is 2.03. The zero-order chi connectivity index (χ0) is 24.8. The number of allylic oxidation sites excluding steroid dienone is 2. The number of carbonyl (C=O) groups excluding carboxylic acids is 1. The molecule has 2 aromatic rings. The lowest BCUT2D eigenvalue weighted by Crippen LogP contribution is -2.19. The molecule has 1 aliphatic rings. The van der Waals surface area contributed by atoms with Crippen molar-refractivity contribution in [3.63, 3.8) is 0 Å². The molecule has 2 aromatic carbocycles. The second-order valence-electron chi connectivity index (χ2n) is 7.96. The molecular weight excluding hydrogens is 436 g/mol. The molecule has 182 valence electrons. The lowest BCUT2D eigenvalue weighted by Gasteiger charge is -2.23. The standard InChI is InChI=1S/C27H32O7/c1-16-8-9-19(10-17-12-21(29-2)26(33-6)22(13-17)30-3)25(28)20(16)11-18-14-23(31-4)27(34-7)24(15-18)32-5/h10-16H,8-9H2,1-7H3/b19-10+,20-11-. The van der Waals surface area contributed by atoms with Gasteiger partial charge in [-0.15, -0.1) is 0 Å². The Morgan fingerprint density at radius 3 is 1.47 bits per heavy atom. The summed E-state index contributed by atoms with van der Waals surface area (Å²) >= 11 is 0. The fourth-order valence-electron chi connectivity index (χ4n) is 4.15. The van der Waals surface area contributed by atoms with Crippen molar-refractivity contribution in [3.05, 3.63) is 46.5 Å². The fraction of sp³-hybridized carbons (Fsp3) is 0.370. The first-order valence-electron chi connectivity index (χ1n) is 11.0. The molecule has 0 spiro atoms. The molecule has 0 aromatic heterocycles. The highest BCUT2D eigenvalue weighted by Crippen LogP contribution is 2.41. The molecule has 1 saturated carbocycles. The quantitative estimate of drug-likeness (QED) is 0.493. The number of methoxy groups -OCH3 is 6. The monoisotopic (exact) mass is 468 g/mol. The average Bonchev–Trinajstić information content (AvgIpc) is 2.86.